The Morgan fingerprint density at radius 1 is 1.30 bits per heavy atom. The molecule has 1 aromatic heterocycles. The number of aromatic nitrogens is 1. The van der Waals surface area contributed by atoms with Crippen molar-refractivity contribution in [2.24, 2.45) is 7.05 Å². The van der Waals surface area contributed by atoms with Gasteiger partial charge in [-0.1, -0.05) is 0 Å². The Balaban J connectivity index is 2.00. The second-order valence-electron chi connectivity index (χ2n) is 5.96. The fraction of sp³-hybridized carbons (Fsp3) is 0.529. The maximum Gasteiger partial charge on any atom is 0.143 e. The molecule has 0 saturated heterocycles. The summed E-state index contributed by atoms with van der Waals surface area (Å²) in [6, 6.07) is 5.19. The number of rotatable bonds is 5. The molecule has 0 radical (unpaired) electrons. The quantitative estimate of drug-likeness (QED) is 0.905. The largest absolute Gasteiger partial charge is 0.495 e. The van der Waals surface area contributed by atoms with Crippen molar-refractivity contribution in [1.82, 2.24) is 9.88 Å². The minimum absolute atomic E-state index is 0.779. The fourth-order valence-corrected chi connectivity index (χ4v) is 3.05. The highest BCUT2D eigenvalue weighted by atomic mass is 16.5. The van der Waals surface area contributed by atoms with Crippen LogP contribution in [0.3, 0.4) is 0 Å². The monoisotopic (exact) mass is 272 g/mol. The van der Waals surface area contributed by atoms with Crippen LogP contribution in [0.25, 0.3) is 10.9 Å². The molecule has 0 spiro atoms. The highest BCUT2D eigenvalue weighted by Crippen LogP contribution is 2.33. The SMILES string of the molecule is COc1cc(C)cc2c(CCNC3CC3)c(C)n(C)c12. The number of nitrogens with one attached hydrogen (secondary N) is 1. The van der Waals surface area contributed by atoms with E-state index in [0.29, 0.717) is 0 Å². The number of hydrogen-bond donors (Lipinski definition) is 1. The standard InChI is InChI=1S/C17H24N2O/c1-11-9-15-14(7-8-18-13-5-6-13)12(2)19(3)17(15)16(10-11)20-4/h9-10,13,18H,5-8H2,1-4H3. The van der Waals surface area contributed by atoms with Crippen molar-refractivity contribution in [1.29, 1.82) is 0 Å². The summed E-state index contributed by atoms with van der Waals surface area (Å²) in [6.45, 7) is 5.42. The third kappa shape index (κ3) is 2.31. The summed E-state index contributed by atoms with van der Waals surface area (Å²) in [5.74, 6) is 0.979. The van der Waals surface area contributed by atoms with Crippen molar-refractivity contribution < 1.29 is 4.74 Å². The third-order valence-electron chi connectivity index (χ3n) is 4.42. The molecule has 108 valence electrons. The molecular weight excluding hydrogens is 248 g/mol. The predicted octanol–water partition coefficient (Wildman–Crippen LogP) is 3.10. The number of benzene rings is 1. The van der Waals surface area contributed by atoms with Gasteiger partial charge in [0.25, 0.3) is 0 Å². The van der Waals surface area contributed by atoms with Gasteiger partial charge < -0.3 is 14.6 Å². The van der Waals surface area contributed by atoms with Crippen LogP contribution < -0.4 is 10.1 Å². The average molecular weight is 272 g/mol. The van der Waals surface area contributed by atoms with Gasteiger partial charge in [-0.25, -0.2) is 0 Å². The van der Waals surface area contributed by atoms with E-state index in [4.69, 9.17) is 4.74 Å². The second-order valence-corrected chi connectivity index (χ2v) is 5.96. The molecule has 0 aliphatic heterocycles. The smallest absolute Gasteiger partial charge is 0.143 e. The number of ether oxygens (including phenoxy) is 1. The highest BCUT2D eigenvalue weighted by Gasteiger charge is 2.21. The molecule has 1 aliphatic rings. The first-order valence-corrected chi connectivity index (χ1v) is 7.47. The minimum atomic E-state index is 0.779. The van der Waals surface area contributed by atoms with Crippen molar-refractivity contribution in [3.05, 3.63) is 29.0 Å². The number of fused-ring (bicyclic) bond motifs is 1. The number of hydrogen-bond acceptors (Lipinski definition) is 2. The number of nitrogens with zero attached hydrogens (tertiary/aromatic N) is 1. The van der Waals surface area contributed by atoms with Gasteiger partial charge in [-0.2, -0.15) is 0 Å². The van der Waals surface area contributed by atoms with Gasteiger partial charge in [-0.05, 0) is 62.9 Å². The first-order chi connectivity index (χ1) is 9.61. The zero-order valence-corrected chi connectivity index (χ0v) is 12.9. The van der Waals surface area contributed by atoms with Gasteiger partial charge in [0.2, 0.25) is 0 Å². The molecule has 3 rings (SSSR count). The first-order valence-electron chi connectivity index (χ1n) is 7.47. The molecule has 1 saturated carbocycles. The van der Waals surface area contributed by atoms with E-state index in [2.05, 4.69) is 42.9 Å². The summed E-state index contributed by atoms with van der Waals surface area (Å²) in [7, 11) is 3.89. The molecule has 0 atom stereocenters. The second kappa shape index (κ2) is 5.13. The minimum Gasteiger partial charge on any atom is -0.495 e. The van der Waals surface area contributed by atoms with Gasteiger partial charge >= 0.3 is 0 Å². The average Bonchev–Trinajstić information content (AvgIpc) is 3.21. The van der Waals surface area contributed by atoms with E-state index in [1.54, 1.807) is 7.11 Å². The lowest BCUT2D eigenvalue weighted by Gasteiger charge is -2.07. The Morgan fingerprint density at radius 2 is 2.05 bits per heavy atom. The van der Waals surface area contributed by atoms with E-state index < -0.39 is 0 Å². The molecule has 1 heterocycles. The van der Waals surface area contributed by atoms with Crippen LogP contribution in [0, 0.1) is 13.8 Å². The zero-order chi connectivity index (χ0) is 14.3. The highest BCUT2D eigenvalue weighted by molar-refractivity contribution is 5.91. The van der Waals surface area contributed by atoms with Crippen LogP contribution in [-0.2, 0) is 13.5 Å². The van der Waals surface area contributed by atoms with Gasteiger partial charge in [0, 0.05) is 24.2 Å². The Labute approximate surface area is 120 Å². The van der Waals surface area contributed by atoms with Crippen molar-refractivity contribution in [2.75, 3.05) is 13.7 Å². The molecule has 3 heteroatoms. The molecule has 20 heavy (non-hydrogen) atoms. The Kier molecular flexibility index (Phi) is 3.47. The summed E-state index contributed by atoms with van der Waals surface area (Å²) in [5.41, 5.74) is 5.28. The van der Waals surface area contributed by atoms with Crippen LogP contribution in [0.15, 0.2) is 12.1 Å². The third-order valence-corrected chi connectivity index (χ3v) is 4.42. The first kappa shape index (κ1) is 13.5. The molecule has 3 nitrogen and oxygen atoms in total. The lowest BCUT2D eigenvalue weighted by molar-refractivity contribution is 0.417. The molecule has 1 fully saturated rings. The predicted molar refractivity (Wildman–Crippen MR) is 83.7 cm³/mol. The lowest BCUT2D eigenvalue weighted by atomic mass is 10.1. The molecule has 2 aromatic rings. The molecule has 0 bridgehead atoms. The van der Waals surface area contributed by atoms with Gasteiger partial charge in [-0.3, -0.25) is 0 Å². The molecule has 1 aromatic carbocycles. The fourth-order valence-electron chi connectivity index (χ4n) is 3.05. The summed E-state index contributed by atoms with van der Waals surface area (Å²) < 4.78 is 7.84. The van der Waals surface area contributed by atoms with Gasteiger partial charge in [0.05, 0.1) is 12.6 Å². The zero-order valence-electron chi connectivity index (χ0n) is 12.9. The lowest BCUT2D eigenvalue weighted by Crippen LogP contribution is -2.19. The van der Waals surface area contributed by atoms with E-state index in [-0.39, 0.29) is 0 Å². The van der Waals surface area contributed by atoms with Gasteiger partial charge in [-0.15, -0.1) is 0 Å². The van der Waals surface area contributed by atoms with Crippen molar-refractivity contribution in [3.8, 4) is 5.75 Å². The molecule has 0 unspecified atom stereocenters. The van der Waals surface area contributed by atoms with Gasteiger partial charge in [0.1, 0.15) is 5.75 Å². The Morgan fingerprint density at radius 3 is 2.70 bits per heavy atom. The summed E-state index contributed by atoms with van der Waals surface area (Å²) in [4.78, 5) is 0. The Hall–Kier alpha value is -1.48. The molecule has 1 N–H and O–H groups in total. The molecular formula is C17H24N2O. The van der Waals surface area contributed by atoms with E-state index >= 15 is 0 Å². The van der Waals surface area contributed by atoms with Gasteiger partial charge in [0.15, 0.2) is 0 Å². The van der Waals surface area contributed by atoms with E-state index in [1.165, 1.54) is 40.6 Å². The summed E-state index contributed by atoms with van der Waals surface area (Å²) in [6.07, 6.45) is 3.79. The maximum atomic E-state index is 5.57. The maximum absolute atomic E-state index is 5.57. The van der Waals surface area contributed by atoms with Crippen molar-refractivity contribution in [2.45, 2.75) is 39.2 Å². The van der Waals surface area contributed by atoms with Crippen LogP contribution in [0.5, 0.6) is 5.75 Å². The molecule has 1 aliphatic carbocycles. The van der Waals surface area contributed by atoms with Crippen molar-refractivity contribution in [3.63, 3.8) is 0 Å². The van der Waals surface area contributed by atoms with Crippen LogP contribution in [0.4, 0.5) is 0 Å². The number of methoxy groups -OCH3 is 1. The van der Waals surface area contributed by atoms with Crippen LogP contribution in [-0.4, -0.2) is 24.3 Å². The molecule has 0 amide bonds. The van der Waals surface area contributed by atoms with E-state index in [9.17, 15) is 0 Å². The number of aryl methyl sites for hydroxylation is 2. The normalized spacial score (nSPS) is 15.0. The Bertz CT molecular complexity index is 638. The van der Waals surface area contributed by atoms with Crippen LogP contribution in [0.1, 0.15) is 29.7 Å². The van der Waals surface area contributed by atoms with Crippen LogP contribution in [0.2, 0.25) is 0 Å². The van der Waals surface area contributed by atoms with Crippen molar-refractivity contribution >= 4 is 10.9 Å². The summed E-state index contributed by atoms with van der Waals surface area (Å²) >= 11 is 0. The summed E-state index contributed by atoms with van der Waals surface area (Å²) in [5, 5.41) is 4.96. The topological polar surface area (TPSA) is 26.2 Å². The van der Waals surface area contributed by atoms with E-state index in [0.717, 1.165) is 24.8 Å². The van der Waals surface area contributed by atoms with E-state index in [1.807, 2.05) is 0 Å². The van der Waals surface area contributed by atoms with Crippen LogP contribution >= 0.6 is 0 Å².